The van der Waals surface area contributed by atoms with Crippen LogP contribution in [-0.2, 0) is 14.9 Å². The average molecular weight is 435 g/mol. The first kappa shape index (κ1) is 21.0. The number of hydrogen-bond donors (Lipinski definition) is 1. The molecule has 6 nitrogen and oxygen atoms in total. The lowest BCUT2D eigenvalue weighted by atomic mass is 9.62. The van der Waals surface area contributed by atoms with E-state index in [9.17, 15) is 9.59 Å². The van der Waals surface area contributed by atoms with Gasteiger partial charge in [0, 0.05) is 18.8 Å². The number of ether oxygens (including phenoxy) is 2. The van der Waals surface area contributed by atoms with Crippen LogP contribution in [0.2, 0.25) is 0 Å². The fourth-order valence-corrected chi connectivity index (χ4v) is 5.66. The van der Waals surface area contributed by atoms with Gasteiger partial charge in [0.2, 0.25) is 5.91 Å². The Bertz CT molecular complexity index is 1010. The third kappa shape index (κ3) is 3.47. The number of para-hydroxylation sites is 1. The van der Waals surface area contributed by atoms with Crippen molar-refractivity contribution < 1.29 is 19.1 Å². The van der Waals surface area contributed by atoms with Crippen LogP contribution in [-0.4, -0.2) is 43.2 Å². The van der Waals surface area contributed by atoms with Crippen LogP contribution in [0.25, 0.3) is 0 Å². The standard InChI is InChI=1S/C26H30N2O4/c1-18-6-5-9-22-23(18)27-24(29)26(22,19-7-3-2-4-8-19)20-10-12-21(13-11-20)32-25(30)28-14-16-31-17-15-28/h5-6,9-13,19H,2-4,7-8,14-17H2,1H3,(H,27,29). The van der Waals surface area contributed by atoms with Crippen LogP contribution < -0.4 is 10.1 Å². The topological polar surface area (TPSA) is 67.9 Å². The molecule has 2 aromatic carbocycles. The highest BCUT2D eigenvalue weighted by Crippen LogP contribution is 2.52. The van der Waals surface area contributed by atoms with E-state index >= 15 is 0 Å². The number of hydrogen-bond acceptors (Lipinski definition) is 4. The van der Waals surface area contributed by atoms with Crippen molar-refractivity contribution in [2.75, 3.05) is 31.6 Å². The first-order valence-electron chi connectivity index (χ1n) is 11.7. The third-order valence-corrected chi connectivity index (χ3v) is 7.30. The van der Waals surface area contributed by atoms with Crippen molar-refractivity contribution >= 4 is 17.7 Å². The second kappa shape index (κ2) is 8.58. The smallest absolute Gasteiger partial charge is 0.410 e. The molecular formula is C26H30N2O4. The number of benzene rings is 2. The van der Waals surface area contributed by atoms with E-state index in [4.69, 9.17) is 9.47 Å². The second-order valence-corrected chi connectivity index (χ2v) is 9.09. The van der Waals surface area contributed by atoms with Crippen molar-refractivity contribution in [3.05, 3.63) is 59.2 Å². The second-order valence-electron chi connectivity index (χ2n) is 9.09. The molecule has 2 amide bonds. The molecule has 0 radical (unpaired) electrons. The minimum atomic E-state index is -0.700. The average Bonchev–Trinajstić information content (AvgIpc) is 3.14. The molecule has 2 fully saturated rings. The molecule has 1 N–H and O–H groups in total. The molecule has 1 saturated heterocycles. The molecule has 168 valence electrons. The molecule has 2 aromatic rings. The molecule has 32 heavy (non-hydrogen) atoms. The Labute approximate surface area is 188 Å². The number of carbonyl (C=O) groups excluding carboxylic acids is 2. The van der Waals surface area contributed by atoms with Gasteiger partial charge in [-0.05, 0) is 54.5 Å². The summed E-state index contributed by atoms with van der Waals surface area (Å²) in [6.45, 7) is 4.19. The number of nitrogens with zero attached hydrogens (tertiary/aromatic N) is 1. The van der Waals surface area contributed by atoms with Crippen molar-refractivity contribution in [1.82, 2.24) is 4.90 Å². The van der Waals surface area contributed by atoms with Gasteiger partial charge in [0.15, 0.2) is 0 Å². The minimum Gasteiger partial charge on any atom is -0.410 e. The van der Waals surface area contributed by atoms with Crippen LogP contribution in [0.3, 0.4) is 0 Å². The number of nitrogens with one attached hydrogen (secondary N) is 1. The van der Waals surface area contributed by atoms with Crippen molar-refractivity contribution in [1.29, 1.82) is 0 Å². The van der Waals surface area contributed by atoms with Gasteiger partial charge < -0.3 is 19.7 Å². The zero-order valence-electron chi connectivity index (χ0n) is 18.6. The zero-order chi connectivity index (χ0) is 22.1. The molecule has 1 unspecified atom stereocenters. The lowest BCUT2D eigenvalue weighted by molar-refractivity contribution is -0.121. The van der Waals surface area contributed by atoms with Gasteiger partial charge in [-0.1, -0.05) is 49.6 Å². The normalized spacial score (nSPS) is 23.5. The predicted octanol–water partition coefficient (Wildman–Crippen LogP) is 4.64. The highest BCUT2D eigenvalue weighted by Gasteiger charge is 2.53. The van der Waals surface area contributed by atoms with Crippen molar-refractivity contribution in [3.63, 3.8) is 0 Å². The number of carbonyl (C=O) groups is 2. The quantitative estimate of drug-likeness (QED) is 0.764. The largest absolute Gasteiger partial charge is 0.415 e. The molecule has 1 saturated carbocycles. The lowest BCUT2D eigenvalue weighted by Gasteiger charge is -2.39. The van der Waals surface area contributed by atoms with Crippen molar-refractivity contribution in [2.24, 2.45) is 5.92 Å². The third-order valence-electron chi connectivity index (χ3n) is 7.30. The maximum Gasteiger partial charge on any atom is 0.415 e. The van der Waals surface area contributed by atoms with E-state index in [1.165, 1.54) is 6.42 Å². The minimum absolute atomic E-state index is 0.0618. The summed E-state index contributed by atoms with van der Waals surface area (Å²) in [7, 11) is 0. The van der Waals surface area contributed by atoms with Gasteiger partial charge in [0.05, 0.1) is 13.2 Å². The summed E-state index contributed by atoms with van der Waals surface area (Å²) in [4.78, 5) is 27.8. The van der Waals surface area contributed by atoms with Gasteiger partial charge >= 0.3 is 6.09 Å². The summed E-state index contributed by atoms with van der Waals surface area (Å²) in [5.41, 5.74) is 3.38. The molecule has 2 heterocycles. The van der Waals surface area contributed by atoms with E-state index in [2.05, 4.69) is 11.4 Å². The molecule has 1 atom stereocenters. The Morgan fingerprint density at radius 3 is 2.50 bits per heavy atom. The predicted molar refractivity (Wildman–Crippen MR) is 122 cm³/mol. The molecule has 0 spiro atoms. The maximum atomic E-state index is 13.7. The maximum absolute atomic E-state index is 13.7. The van der Waals surface area contributed by atoms with Gasteiger partial charge in [-0.2, -0.15) is 0 Å². The Kier molecular flexibility index (Phi) is 5.64. The summed E-state index contributed by atoms with van der Waals surface area (Å²) in [5.74, 6) is 0.805. The monoisotopic (exact) mass is 434 g/mol. The summed E-state index contributed by atoms with van der Waals surface area (Å²) in [5, 5.41) is 3.20. The fraction of sp³-hybridized carbons (Fsp3) is 0.462. The number of aryl methyl sites for hydroxylation is 1. The van der Waals surface area contributed by atoms with E-state index in [1.807, 2.05) is 43.3 Å². The van der Waals surface area contributed by atoms with E-state index in [1.54, 1.807) is 4.90 Å². The highest BCUT2D eigenvalue weighted by molar-refractivity contribution is 6.09. The molecule has 6 heteroatoms. The molecule has 2 aliphatic heterocycles. The first-order chi connectivity index (χ1) is 15.6. The molecule has 0 aromatic heterocycles. The Balaban J connectivity index is 1.49. The number of fused-ring (bicyclic) bond motifs is 1. The van der Waals surface area contributed by atoms with Crippen LogP contribution >= 0.6 is 0 Å². The van der Waals surface area contributed by atoms with Crippen LogP contribution in [0.4, 0.5) is 10.5 Å². The van der Waals surface area contributed by atoms with Crippen LogP contribution in [0.5, 0.6) is 5.75 Å². The van der Waals surface area contributed by atoms with Crippen molar-refractivity contribution in [2.45, 2.75) is 44.4 Å². The van der Waals surface area contributed by atoms with E-state index in [0.29, 0.717) is 32.1 Å². The number of anilines is 1. The number of amides is 2. The van der Waals surface area contributed by atoms with Crippen molar-refractivity contribution in [3.8, 4) is 5.75 Å². The fourth-order valence-electron chi connectivity index (χ4n) is 5.66. The zero-order valence-corrected chi connectivity index (χ0v) is 18.6. The van der Waals surface area contributed by atoms with Gasteiger partial charge in [0.1, 0.15) is 11.2 Å². The summed E-state index contributed by atoms with van der Waals surface area (Å²) in [6, 6.07) is 13.8. The van der Waals surface area contributed by atoms with Gasteiger partial charge in [-0.3, -0.25) is 4.79 Å². The Hall–Kier alpha value is -2.86. The molecule has 1 aliphatic carbocycles. The molecule has 0 bridgehead atoms. The van der Waals surface area contributed by atoms with Gasteiger partial charge in [0.25, 0.3) is 0 Å². The van der Waals surface area contributed by atoms with E-state index < -0.39 is 5.41 Å². The van der Waals surface area contributed by atoms with Gasteiger partial charge in [-0.15, -0.1) is 0 Å². The van der Waals surface area contributed by atoms with Crippen LogP contribution in [0, 0.1) is 12.8 Å². The highest BCUT2D eigenvalue weighted by atomic mass is 16.6. The Morgan fingerprint density at radius 2 is 1.78 bits per heavy atom. The summed E-state index contributed by atoms with van der Waals surface area (Å²) in [6.07, 6.45) is 5.24. The number of rotatable bonds is 3. The van der Waals surface area contributed by atoms with Gasteiger partial charge in [-0.25, -0.2) is 4.79 Å². The SMILES string of the molecule is Cc1cccc2c1NC(=O)C2(c1ccc(OC(=O)N2CCOCC2)cc1)C1CCCCC1. The first-order valence-corrected chi connectivity index (χ1v) is 11.7. The summed E-state index contributed by atoms with van der Waals surface area (Å²) < 4.78 is 10.9. The van der Waals surface area contributed by atoms with Crippen LogP contribution in [0.1, 0.15) is 48.8 Å². The lowest BCUT2D eigenvalue weighted by Crippen LogP contribution is -2.44. The molecule has 3 aliphatic rings. The summed E-state index contributed by atoms with van der Waals surface area (Å²) >= 11 is 0. The Morgan fingerprint density at radius 1 is 1.06 bits per heavy atom. The number of morpholine rings is 1. The van der Waals surface area contributed by atoms with E-state index in [0.717, 1.165) is 48.1 Å². The van der Waals surface area contributed by atoms with Crippen LogP contribution in [0.15, 0.2) is 42.5 Å². The molecular weight excluding hydrogens is 404 g/mol. The van der Waals surface area contributed by atoms with E-state index in [-0.39, 0.29) is 17.9 Å². The molecule has 5 rings (SSSR count).